The average molecular weight is 481 g/mol. The maximum Gasteiger partial charge on any atom is 0.255 e. The molecule has 4 nitrogen and oxygen atoms in total. The summed E-state index contributed by atoms with van der Waals surface area (Å²) in [5, 5.41) is 0. The Morgan fingerprint density at radius 1 is 0.935 bits per heavy atom. The first-order valence-electron chi connectivity index (χ1n) is 10.1. The first-order chi connectivity index (χ1) is 14.9. The Balaban J connectivity index is 1.81. The maximum atomic E-state index is 14.5. The van der Waals surface area contributed by atoms with E-state index in [9.17, 15) is 14.0 Å². The molecule has 158 valence electrons. The predicted molar refractivity (Wildman–Crippen MR) is 124 cm³/mol. The van der Waals surface area contributed by atoms with Crippen molar-refractivity contribution < 1.29 is 14.0 Å². The van der Waals surface area contributed by atoms with Gasteiger partial charge in [-0.2, -0.15) is 0 Å². The molecule has 0 bridgehead atoms. The molecule has 1 saturated heterocycles. The van der Waals surface area contributed by atoms with E-state index in [0.29, 0.717) is 17.2 Å². The topological polar surface area (TPSA) is 40.6 Å². The van der Waals surface area contributed by atoms with Gasteiger partial charge in [-0.3, -0.25) is 19.4 Å². The van der Waals surface area contributed by atoms with Crippen molar-refractivity contribution in [2.75, 3.05) is 16.3 Å². The molecular formula is C25H22BrFN2O2. The maximum absolute atomic E-state index is 14.5. The van der Waals surface area contributed by atoms with E-state index in [2.05, 4.69) is 29.8 Å². The molecule has 1 unspecified atom stereocenters. The molecule has 1 heterocycles. The van der Waals surface area contributed by atoms with E-state index in [1.807, 2.05) is 36.4 Å². The second kappa shape index (κ2) is 8.63. The molecule has 0 aliphatic carbocycles. The molecule has 1 fully saturated rings. The predicted octanol–water partition coefficient (Wildman–Crippen LogP) is 5.83. The number of para-hydroxylation sites is 1. The summed E-state index contributed by atoms with van der Waals surface area (Å²) in [6, 6.07) is 20.1. The van der Waals surface area contributed by atoms with Crippen molar-refractivity contribution in [2.24, 2.45) is 0 Å². The van der Waals surface area contributed by atoms with E-state index < -0.39 is 11.9 Å². The summed E-state index contributed by atoms with van der Waals surface area (Å²) in [6.45, 7) is 3.97. The van der Waals surface area contributed by atoms with Gasteiger partial charge in [0.05, 0.1) is 5.69 Å². The van der Waals surface area contributed by atoms with Gasteiger partial charge >= 0.3 is 0 Å². The number of rotatable bonds is 4. The van der Waals surface area contributed by atoms with Crippen molar-refractivity contribution in [3.05, 3.63) is 94.2 Å². The molecule has 2 amide bonds. The SMILES string of the molecule is CC(C)c1ccc(C2C(=O)N(c3ccccc3F)CC(=O)N2c2ccc(Br)cc2)cc1. The highest BCUT2D eigenvalue weighted by molar-refractivity contribution is 9.10. The third-order valence-corrected chi connectivity index (χ3v) is 6.02. The third-order valence-electron chi connectivity index (χ3n) is 5.49. The fraction of sp³-hybridized carbons (Fsp3) is 0.200. The lowest BCUT2D eigenvalue weighted by Crippen LogP contribution is -2.56. The Kier molecular flexibility index (Phi) is 5.92. The van der Waals surface area contributed by atoms with Gasteiger partial charge in [0.15, 0.2) is 0 Å². The van der Waals surface area contributed by atoms with Crippen molar-refractivity contribution in [2.45, 2.75) is 25.8 Å². The van der Waals surface area contributed by atoms with Gasteiger partial charge in [-0.05, 0) is 53.4 Å². The number of halogens is 2. The molecule has 0 spiro atoms. The summed E-state index contributed by atoms with van der Waals surface area (Å²) in [6.07, 6.45) is 0. The molecule has 0 aromatic heterocycles. The number of hydrogen-bond acceptors (Lipinski definition) is 2. The van der Waals surface area contributed by atoms with Crippen LogP contribution in [-0.4, -0.2) is 18.4 Å². The standard InChI is InChI=1S/C25H22BrFN2O2/c1-16(2)17-7-9-18(10-8-17)24-25(31)28(22-6-4-3-5-21(22)27)15-23(30)29(24)20-13-11-19(26)12-14-20/h3-14,16,24H,15H2,1-2H3. The first-order valence-corrected chi connectivity index (χ1v) is 10.9. The molecule has 0 saturated carbocycles. The quantitative estimate of drug-likeness (QED) is 0.471. The molecule has 0 radical (unpaired) electrons. The number of hydrogen-bond donors (Lipinski definition) is 0. The van der Waals surface area contributed by atoms with Crippen molar-refractivity contribution >= 4 is 39.1 Å². The molecule has 4 rings (SSSR count). The molecule has 0 N–H and O–H groups in total. The highest BCUT2D eigenvalue weighted by Gasteiger charge is 2.42. The lowest BCUT2D eigenvalue weighted by Gasteiger charge is -2.40. The fourth-order valence-corrected chi connectivity index (χ4v) is 4.08. The van der Waals surface area contributed by atoms with E-state index in [4.69, 9.17) is 0 Å². The summed E-state index contributed by atoms with van der Waals surface area (Å²) in [7, 11) is 0. The van der Waals surface area contributed by atoms with Crippen LogP contribution in [0.2, 0.25) is 0 Å². The molecule has 31 heavy (non-hydrogen) atoms. The van der Waals surface area contributed by atoms with Crippen LogP contribution in [0.3, 0.4) is 0 Å². The van der Waals surface area contributed by atoms with Gasteiger partial charge < -0.3 is 0 Å². The van der Waals surface area contributed by atoms with E-state index in [1.54, 1.807) is 24.3 Å². The normalized spacial score (nSPS) is 16.9. The zero-order valence-electron chi connectivity index (χ0n) is 17.3. The number of carbonyl (C=O) groups excluding carboxylic acids is 2. The zero-order valence-corrected chi connectivity index (χ0v) is 18.8. The van der Waals surface area contributed by atoms with Crippen LogP contribution >= 0.6 is 15.9 Å². The van der Waals surface area contributed by atoms with E-state index >= 15 is 0 Å². The van der Waals surface area contributed by atoms with Crippen LogP contribution in [0.15, 0.2) is 77.3 Å². The third kappa shape index (κ3) is 4.12. The Morgan fingerprint density at radius 2 is 1.58 bits per heavy atom. The highest BCUT2D eigenvalue weighted by Crippen LogP contribution is 2.36. The van der Waals surface area contributed by atoms with Crippen LogP contribution < -0.4 is 9.80 Å². The smallest absolute Gasteiger partial charge is 0.255 e. The highest BCUT2D eigenvalue weighted by atomic mass is 79.9. The zero-order chi connectivity index (χ0) is 22.1. The summed E-state index contributed by atoms with van der Waals surface area (Å²) < 4.78 is 15.4. The van der Waals surface area contributed by atoms with Crippen LogP contribution in [0.25, 0.3) is 0 Å². The first kappa shape index (κ1) is 21.2. The summed E-state index contributed by atoms with van der Waals surface area (Å²) in [4.78, 5) is 29.7. The minimum atomic E-state index is -0.886. The van der Waals surface area contributed by atoms with Gasteiger partial charge in [0.1, 0.15) is 18.4 Å². The molecule has 1 atom stereocenters. The summed E-state index contributed by atoms with van der Waals surface area (Å²) in [5.41, 5.74) is 2.55. The monoisotopic (exact) mass is 480 g/mol. The van der Waals surface area contributed by atoms with Gasteiger partial charge in [-0.25, -0.2) is 4.39 Å². The Labute approximate surface area is 189 Å². The fourth-order valence-electron chi connectivity index (χ4n) is 3.82. The van der Waals surface area contributed by atoms with Crippen LogP contribution in [0.5, 0.6) is 0 Å². The number of carbonyl (C=O) groups is 2. The average Bonchev–Trinajstić information content (AvgIpc) is 2.76. The van der Waals surface area contributed by atoms with E-state index in [-0.39, 0.29) is 24.0 Å². The molecule has 3 aromatic carbocycles. The second-order valence-corrected chi connectivity index (χ2v) is 8.76. The van der Waals surface area contributed by atoms with Gasteiger partial charge in [-0.15, -0.1) is 0 Å². The van der Waals surface area contributed by atoms with Crippen LogP contribution in [-0.2, 0) is 9.59 Å². The van der Waals surface area contributed by atoms with Gasteiger partial charge in [-0.1, -0.05) is 66.2 Å². The molecular weight excluding hydrogens is 459 g/mol. The number of anilines is 2. The minimum Gasteiger partial charge on any atom is -0.298 e. The number of amides is 2. The Bertz CT molecular complexity index is 1110. The lowest BCUT2D eigenvalue weighted by atomic mass is 9.95. The van der Waals surface area contributed by atoms with Crippen molar-refractivity contribution in [1.29, 1.82) is 0 Å². The van der Waals surface area contributed by atoms with Crippen molar-refractivity contribution in [1.82, 2.24) is 0 Å². The number of piperazine rings is 1. The Morgan fingerprint density at radius 3 is 2.19 bits per heavy atom. The van der Waals surface area contributed by atoms with E-state index in [0.717, 1.165) is 10.0 Å². The van der Waals surface area contributed by atoms with Gasteiger partial charge in [0, 0.05) is 10.2 Å². The molecule has 1 aliphatic heterocycles. The number of benzene rings is 3. The number of nitrogens with zero attached hydrogens (tertiary/aromatic N) is 2. The van der Waals surface area contributed by atoms with Crippen LogP contribution in [0.4, 0.5) is 15.8 Å². The largest absolute Gasteiger partial charge is 0.298 e. The summed E-state index contributed by atoms with van der Waals surface area (Å²) >= 11 is 3.41. The minimum absolute atomic E-state index is 0.111. The molecule has 1 aliphatic rings. The molecule has 6 heteroatoms. The second-order valence-electron chi connectivity index (χ2n) is 7.84. The van der Waals surface area contributed by atoms with Gasteiger partial charge in [0.2, 0.25) is 5.91 Å². The van der Waals surface area contributed by atoms with Crippen molar-refractivity contribution in [3.63, 3.8) is 0 Å². The van der Waals surface area contributed by atoms with Crippen LogP contribution in [0, 0.1) is 5.82 Å². The Hall–Kier alpha value is -2.99. The lowest BCUT2D eigenvalue weighted by molar-refractivity contribution is -0.128. The molecule has 3 aromatic rings. The van der Waals surface area contributed by atoms with E-state index in [1.165, 1.54) is 21.9 Å². The van der Waals surface area contributed by atoms with Gasteiger partial charge in [0.25, 0.3) is 5.91 Å². The summed E-state index contributed by atoms with van der Waals surface area (Å²) in [5.74, 6) is -0.807. The van der Waals surface area contributed by atoms with Crippen molar-refractivity contribution in [3.8, 4) is 0 Å². The van der Waals surface area contributed by atoms with Crippen LogP contribution in [0.1, 0.15) is 36.9 Å².